The van der Waals surface area contributed by atoms with E-state index in [4.69, 9.17) is 0 Å². The van der Waals surface area contributed by atoms with Crippen LogP contribution in [0, 0.1) is 0 Å². The van der Waals surface area contributed by atoms with Crippen LogP contribution in [0.15, 0.2) is 0 Å². The molecule has 0 amide bonds. The highest BCUT2D eigenvalue weighted by molar-refractivity contribution is 4.81. The molecule has 1 saturated carbocycles. The lowest BCUT2D eigenvalue weighted by Crippen LogP contribution is -2.49. The van der Waals surface area contributed by atoms with Crippen LogP contribution in [-0.2, 0) is 0 Å². The van der Waals surface area contributed by atoms with E-state index in [2.05, 4.69) is 16.7 Å². The van der Waals surface area contributed by atoms with Crippen LogP contribution in [0.4, 0.5) is 0 Å². The molecule has 2 rings (SSSR count). The van der Waals surface area contributed by atoms with Gasteiger partial charge in [-0.2, -0.15) is 0 Å². The summed E-state index contributed by atoms with van der Waals surface area (Å²) in [5.74, 6) is 0. The minimum atomic E-state index is -0.0789. The molecule has 106 valence electrons. The van der Waals surface area contributed by atoms with E-state index >= 15 is 0 Å². The van der Waals surface area contributed by atoms with Crippen LogP contribution in [-0.4, -0.2) is 59.8 Å². The van der Waals surface area contributed by atoms with Crippen LogP contribution >= 0.6 is 0 Å². The summed E-state index contributed by atoms with van der Waals surface area (Å²) in [6.45, 7) is 8.24. The molecule has 18 heavy (non-hydrogen) atoms. The monoisotopic (exact) mass is 254 g/mol. The zero-order valence-corrected chi connectivity index (χ0v) is 12.0. The van der Waals surface area contributed by atoms with E-state index in [0.29, 0.717) is 0 Å². The smallest absolute Gasteiger partial charge is 0.0538 e. The van der Waals surface area contributed by atoms with Gasteiger partial charge in [0.1, 0.15) is 0 Å². The number of nitrogens with zero attached hydrogens (tertiary/aromatic N) is 2. The first-order valence-electron chi connectivity index (χ1n) is 7.94. The van der Waals surface area contributed by atoms with Crippen molar-refractivity contribution in [2.75, 3.05) is 32.7 Å². The van der Waals surface area contributed by atoms with Crippen molar-refractivity contribution in [1.82, 2.24) is 9.80 Å². The predicted molar refractivity (Wildman–Crippen MR) is 75.8 cm³/mol. The van der Waals surface area contributed by atoms with E-state index in [0.717, 1.165) is 25.3 Å². The zero-order chi connectivity index (χ0) is 12.8. The predicted octanol–water partition coefficient (Wildman–Crippen LogP) is 2.10. The molecule has 0 radical (unpaired) electrons. The molecular weight excluding hydrogens is 224 g/mol. The molecule has 3 nitrogen and oxygen atoms in total. The molecule has 3 heteroatoms. The molecule has 1 aliphatic heterocycles. The largest absolute Gasteiger partial charge is 0.393 e. The normalized spacial score (nSPS) is 25.7. The van der Waals surface area contributed by atoms with Gasteiger partial charge in [0.2, 0.25) is 0 Å². The van der Waals surface area contributed by atoms with Gasteiger partial charge in [-0.3, -0.25) is 4.90 Å². The lowest BCUT2D eigenvalue weighted by molar-refractivity contribution is 0.0911. The zero-order valence-electron chi connectivity index (χ0n) is 12.0. The van der Waals surface area contributed by atoms with Crippen LogP contribution in [0.5, 0.6) is 0 Å². The lowest BCUT2D eigenvalue weighted by atomic mass is 10.1. The third-order valence-electron chi connectivity index (χ3n) is 4.73. The minimum Gasteiger partial charge on any atom is -0.393 e. The fourth-order valence-corrected chi connectivity index (χ4v) is 3.38. The van der Waals surface area contributed by atoms with E-state index < -0.39 is 0 Å². The second kappa shape index (κ2) is 7.46. The van der Waals surface area contributed by atoms with Gasteiger partial charge >= 0.3 is 0 Å². The number of hydrogen-bond acceptors (Lipinski definition) is 3. The van der Waals surface area contributed by atoms with Gasteiger partial charge in [-0.15, -0.1) is 0 Å². The summed E-state index contributed by atoms with van der Waals surface area (Å²) in [5, 5.41) is 9.55. The molecule has 1 heterocycles. The van der Waals surface area contributed by atoms with E-state index in [-0.39, 0.29) is 6.10 Å². The molecule has 0 bridgehead atoms. The summed E-state index contributed by atoms with van der Waals surface area (Å²) in [6, 6.07) is 0.897. The number of aliphatic hydroxyl groups excluding tert-OH is 1. The molecule has 1 unspecified atom stereocenters. The molecular formula is C15H30N2O. The van der Waals surface area contributed by atoms with Gasteiger partial charge in [-0.05, 0) is 38.6 Å². The third-order valence-corrected chi connectivity index (χ3v) is 4.73. The van der Waals surface area contributed by atoms with E-state index in [1.54, 1.807) is 0 Å². The van der Waals surface area contributed by atoms with Crippen molar-refractivity contribution in [1.29, 1.82) is 0 Å². The fraction of sp³-hybridized carbons (Fsp3) is 1.00. The topological polar surface area (TPSA) is 26.7 Å². The van der Waals surface area contributed by atoms with Gasteiger partial charge in [0, 0.05) is 32.2 Å². The molecule has 2 fully saturated rings. The highest BCUT2D eigenvalue weighted by Gasteiger charge is 2.25. The summed E-state index contributed by atoms with van der Waals surface area (Å²) >= 11 is 0. The Balaban J connectivity index is 1.58. The maximum Gasteiger partial charge on any atom is 0.0538 e. The number of hydrogen-bond donors (Lipinski definition) is 1. The minimum absolute atomic E-state index is 0.0789. The van der Waals surface area contributed by atoms with E-state index in [9.17, 15) is 5.11 Å². The average molecular weight is 254 g/mol. The van der Waals surface area contributed by atoms with Crippen molar-refractivity contribution in [3.05, 3.63) is 0 Å². The van der Waals surface area contributed by atoms with Crippen LogP contribution in [0.1, 0.15) is 51.9 Å². The fourth-order valence-electron chi connectivity index (χ4n) is 3.38. The Kier molecular flexibility index (Phi) is 5.93. The summed E-state index contributed by atoms with van der Waals surface area (Å²) in [6.07, 6.45) is 8.70. The molecule has 1 atom stereocenters. The SMILES string of the molecule is CCC(O)CCCN1CCN(C2CCCC2)CC1. The third kappa shape index (κ3) is 4.22. The van der Waals surface area contributed by atoms with Crippen LogP contribution < -0.4 is 0 Å². The Hall–Kier alpha value is -0.120. The van der Waals surface area contributed by atoms with E-state index in [1.807, 2.05) is 0 Å². The van der Waals surface area contributed by atoms with Gasteiger partial charge in [-0.25, -0.2) is 0 Å². The lowest BCUT2D eigenvalue weighted by Gasteiger charge is -2.38. The van der Waals surface area contributed by atoms with E-state index in [1.165, 1.54) is 58.4 Å². The first-order chi connectivity index (χ1) is 8.79. The van der Waals surface area contributed by atoms with Crippen LogP contribution in [0.25, 0.3) is 0 Å². The maximum absolute atomic E-state index is 9.55. The van der Waals surface area contributed by atoms with Gasteiger partial charge in [0.05, 0.1) is 6.10 Å². The highest BCUT2D eigenvalue weighted by atomic mass is 16.3. The van der Waals surface area contributed by atoms with Gasteiger partial charge in [-0.1, -0.05) is 19.8 Å². The molecule has 1 N–H and O–H groups in total. The maximum atomic E-state index is 9.55. The average Bonchev–Trinajstić information content (AvgIpc) is 2.93. The standard InChI is InChI=1S/C15H30N2O/c1-2-15(18)8-5-9-16-10-12-17(13-11-16)14-6-3-4-7-14/h14-15,18H,2-13H2,1H3. The summed E-state index contributed by atoms with van der Waals surface area (Å²) in [7, 11) is 0. The van der Waals surface area contributed by atoms with Crippen molar-refractivity contribution in [2.24, 2.45) is 0 Å². The first-order valence-corrected chi connectivity index (χ1v) is 7.94. The Morgan fingerprint density at radius 3 is 2.39 bits per heavy atom. The molecule has 0 aromatic rings. The summed E-state index contributed by atoms with van der Waals surface area (Å²) in [5.41, 5.74) is 0. The Labute approximate surface area is 112 Å². The highest BCUT2D eigenvalue weighted by Crippen LogP contribution is 2.24. The van der Waals surface area contributed by atoms with Crippen molar-refractivity contribution in [2.45, 2.75) is 64.0 Å². The quantitative estimate of drug-likeness (QED) is 0.786. The Morgan fingerprint density at radius 2 is 1.78 bits per heavy atom. The molecule has 2 aliphatic rings. The van der Waals surface area contributed by atoms with Crippen molar-refractivity contribution in [3.63, 3.8) is 0 Å². The van der Waals surface area contributed by atoms with Gasteiger partial charge in [0.15, 0.2) is 0 Å². The second-order valence-corrected chi connectivity index (χ2v) is 6.02. The number of piperazine rings is 1. The molecule has 1 aliphatic carbocycles. The first kappa shape index (κ1) is 14.3. The molecule has 0 aromatic heterocycles. The summed E-state index contributed by atoms with van der Waals surface area (Å²) in [4.78, 5) is 5.29. The van der Waals surface area contributed by atoms with Gasteiger partial charge in [0.25, 0.3) is 0 Å². The van der Waals surface area contributed by atoms with Crippen molar-refractivity contribution in [3.8, 4) is 0 Å². The Morgan fingerprint density at radius 1 is 1.11 bits per heavy atom. The molecule has 0 spiro atoms. The van der Waals surface area contributed by atoms with Crippen LogP contribution in [0.3, 0.4) is 0 Å². The van der Waals surface area contributed by atoms with Gasteiger partial charge < -0.3 is 10.0 Å². The Bertz CT molecular complexity index is 221. The van der Waals surface area contributed by atoms with Crippen molar-refractivity contribution >= 4 is 0 Å². The van der Waals surface area contributed by atoms with Crippen molar-refractivity contribution < 1.29 is 5.11 Å². The van der Waals surface area contributed by atoms with Crippen LogP contribution in [0.2, 0.25) is 0 Å². The second-order valence-electron chi connectivity index (χ2n) is 6.02. The number of rotatable bonds is 6. The number of aliphatic hydroxyl groups is 1. The summed E-state index contributed by atoms with van der Waals surface area (Å²) < 4.78 is 0. The molecule has 0 aromatic carbocycles. The molecule has 1 saturated heterocycles.